The van der Waals surface area contributed by atoms with Crippen molar-refractivity contribution in [2.24, 2.45) is 5.41 Å². The highest BCUT2D eigenvalue weighted by molar-refractivity contribution is 6.30. The first kappa shape index (κ1) is 28.8. The molecule has 3 unspecified atom stereocenters. The van der Waals surface area contributed by atoms with Gasteiger partial charge in [0, 0.05) is 47.8 Å². The summed E-state index contributed by atoms with van der Waals surface area (Å²) in [5.74, 6) is -1.09. The molecule has 228 valence electrons. The van der Waals surface area contributed by atoms with Crippen LogP contribution in [0.15, 0.2) is 48.0 Å². The maximum absolute atomic E-state index is 14.0. The van der Waals surface area contributed by atoms with Crippen LogP contribution in [0.5, 0.6) is 0 Å². The molecule has 4 saturated heterocycles. The van der Waals surface area contributed by atoms with E-state index in [-0.39, 0.29) is 60.5 Å². The number of imide groups is 1. The van der Waals surface area contributed by atoms with Crippen LogP contribution in [0.3, 0.4) is 0 Å². The van der Waals surface area contributed by atoms with E-state index in [1.54, 1.807) is 18.2 Å². The van der Waals surface area contributed by atoms with Gasteiger partial charge < -0.3 is 14.7 Å². The van der Waals surface area contributed by atoms with Crippen molar-refractivity contribution >= 4 is 46.7 Å². The maximum atomic E-state index is 14.0. The van der Waals surface area contributed by atoms with E-state index in [2.05, 4.69) is 19.2 Å². The number of amides is 5. The van der Waals surface area contributed by atoms with Gasteiger partial charge in [0.05, 0.1) is 12.1 Å². The van der Waals surface area contributed by atoms with Gasteiger partial charge in [-0.1, -0.05) is 37.6 Å². The summed E-state index contributed by atoms with van der Waals surface area (Å²) in [6.45, 7) is 5.64. The Labute approximate surface area is 261 Å². The highest BCUT2D eigenvalue weighted by Crippen LogP contribution is 2.45. The second kappa shape index (κ2) is 10.6. The molecule has 0 aromatic heterocycles. The molecule has 6 aliphatic rings. The van der Waals surface area contributed by atoms with Crippen molar-refractivity contribution in [3.05, 3.63) is 75.3 Å². The molecule has 2 bridgehead atoms. The van der Waals surface area contributed by atoms with Crippen molar-refractivity contribution in [1.29, 1.82) is 0 Å². The summed E-state index contributed by atoms with van der Waals surface area (Å²) >= 11 is 6.15. The molecule has 2 aromatic carbocycles. The lowest BCUT2D eigenvalue weighted by atomic mass is 9.71. The van der Waals surface area contributed by atoms with Crippen molar-refractivity contribution in [2.75, 3.05) is 13.1 Å². The molecule has 0 saturated carbocycles. The summed E-state index contributed by atoms with van der Waals surface area (Å²) in [5, 5.41) is 2.98. The number of piperidine rings is 2. The van der Waals surface area contributed by atoms with Crippen molar-refractivity contribution in [2.45, 2.75) is 77.0 Å². The van der Waals surface area contributed by atoms with Gasteiger partial charge in [0.1, 0.15) is 6.04 Å². The summed E-state index contributed by atoms with van der Waals surface area (Å²) in [5.41, 5.74) is 4.79. The van der Waals surface area contributed by atoms with E-state index < -0.39 is 11.9 Å². The average Bonchev–Trinajstić information content (AvgIpc) is 3.31. The molecule has 0 radical (unpaired) electrons. The Bertz CT molecular complexity index is 1640. The van der Waals surface area contributed by atoms with Crippen LogP contribution < -0.4 is 5.32 Å². The zero-order valence-corrected chi connectivity index (χ0v) is 25.7. The smallest absolute Gasteiger partial charge is 0.255 e. The minimum absolute atomic E-state index is 0.0295. The van der Waals surface area contributed by atoms with Crippen LogP contribution in [0.1, 0.15) is 84.2 Å². The van der Waals surface area contributed by atoms with Crippen LogP contribution in [-0.2, 0) is 20.9 Å². The zero-order valence-electron chi connectivity index (χ0n) is 24.9. The minimum Gasteiger partial charge on any atom is -0.335 e. The predicted molar refractivity (Wildman–Crippen MR) is 163 cm³/mol. The lowest BCUT2D eigenvalue weighted by Gasteiger charge is -2.56. The molecule has 8 rings (SSSR count). The number of nitrogens with one attached hydrogen (secondary N) is 1. The summed E-state index contributed by atoms with van der Waals surface area (Å²) < 4.78 is 0. The third-order valence-electron chi connectivity index (χ3n) is 10.0. The van der Waals surface area contributed by atoms with E-state index in [0.717, 1.165) is 42.4 Å². The number of halogens is 1. The van der Waals surface area contributed by atoms with Crippen LogP contribution in [0, 0.1) is 5.41 Å². The highest BCUT2D eigenvalue weighted by Gasteiger charge is 2.50. The first-order chi connectivity index (χ1) is 21.0. The number of carbonyl (C=O) groups excluding carboxylic acids is 5. The van der Waals surface area contributed by atoms with Crippen LogP contribution in [0.2, 0.25) is 5.02 Å². The van der Waals surface area contributed by atoms with Gasteiger partial charge in [-0.2, -0.15) is 0 Å². The van der Waals surface area contributed by atoms with E-state index in [9.17, 15) is 24.0 Å². The summed E-state index contributed by atoms with van der Waals surface area (Å²) in [7, 11) is 0. The first-order valence-electron chi connectivity index (χ1n) is 15.4. The molecule has 1 N–H and O–H groups in total. The molecule has 9 nitrogen and oxygen atoms in total. The highest BCUT2D eigenvalue weighted by atomic mass is 35.5. The van der Waals surface area contributed by atoms with Crippen LogP contribution in [0.4, 0.5) is 0 Å². The fourth-order valence-electron chi connectivity index (χ4n) is 7.60. The van der Waals surface area contributed by atoms with Gasteiger partial charge in [0.15, 0.2) is 0 Å². The molecule has 5 heterocycles. The third-order valence-corrected chi connectivity index (χ3v) is 10.3. The Balaban J connectivity index is 1.05. The van der Waals surface area contributed by atoms with Gasteiger partial charge in [0.25, 0.3) is 17.7 Å². The number of benzene rings is 2. The lowest BCUT2D eigenvalue weighted by Crippen LogP contribution is -2.71. The monoisotopic (exact) mass is 614 g/mol. The number of allylic oxidation sites excluding steroid dienone is 1. The normalized spacial score (nSPS) is 25.9. The van der Waals surface area contributed by atoms with E-state index in [4.69, 9.17) is 11.6 Å². The molecule has 1 aliphatic carbocycles. The van der Waals surface area contributed by atoms with Crippen molar-refractivity contribution in [1.82, 2.24) is 20.0 Å². The predicted octanol–water partition coefficient (Wildman–Crippen LogP) is 4.19. The molecule has 4 fully saturated rings. The number of nitrogens with zero attached hydrogens (tertiary/aromatic N) is 3. The summed E-state index contributed by atoms with van der Waals surface area (Å²) in [6.07, 6.45) is 3.86. The van der Waals surface area contributed by atoms with Gasteiger partial charge in [-0.15, -0.1) is 0 Å². The summed E-state index contributed by atoms with van der Waals surface area (Å²) in [4.78, 5) is 70.0. The quantitative estimate of drug-likeness (QED) is 0.520. The van der Waals surface area contributed by atoms with E-state index >= 15 is 0 Å². The SMILES string of the molecule is CC1(C)CCC(C(=O)N2C3CC2CN(C(=O)c2ccc4c(c2)CN(C2CCC(=O)NC2=O)C4=O)C3)=C(c2ccc(Cl)cc2)C1. The molecule has 5 amide bonds. The van der Waals surface area contributed by atoms with Crippen molar-refractivity contribution < 1.29 is 24.0 Å². The van der Waals surface area contributed by atoms with Crippen LogP contribution in [-0.4, -0.2) is 75.5 Å². The lowest BCUT2D eigenvalue weighted by molar-refractivity contribution is -0.147. The Morgan fingerprint density at radius 1 is 0.955 bits per heavy atom. The molecule has 5 aliphatic heterocycles. The number of rotatable bonds is 4. The molecule has 2 aromatic rings. The second-order valence-electron chi connectivity index (χ2n) is 13.5. The molecule has 0 spiro atoms. The number of piperazine rings is 1. The first-order valence-corrected chi connectivity index (χ1v) is 15.7. The van der Waals surface area contributed by atoms with Crippen molar-refractivity contribution in [3.8, 4) is 0 Å². The van der Waals surface area contributed by atoms with Crippen LogP contribution >= 0.6 is 11.6 Å². The molecular weight excluding hydrogens is 580 g/mol. The van der Waals surface area contributed by atoms with Gasteiger partial charge in [-0.25, -0.2) is 0 Å². The Hall–Kier alpha value is -3.98. The largest absolute Gasteiger partial charge is 0.335 e. The van der Waals surface area contributed by atoms with Gasteiger partial charge in [-0.3, -0.25) is 29.3 Å². The van der Waals surface area contributed by atoms with E-state index in [1.165, 1.54) is 4.90 Å². The molecule has 3 atom stereocenters. The van der Waals surface area contributed by atoms with Gasteiger partial charge in [0.2, 0.25) is 11.8 Å². The Kier molecular flexibility index (Phi) is 6.92. The fourth-order valence-corrected chi connectivity index (χ4v) is 7.73. The van der Waals surface area contributed by atoms with Crippen molar-refractivity contribution in [3.63, 3.8) is 0 Å². The third kappa shape index (κ3) is 4.91. The Morgan fingerprint density at radius 3 is 2.39 bits per heavy atom. The number of hydrogen-bond donors (Lipinski definition) is 1. The molecular formula is C34H35ClN4O5. The minimum atomic E-state index is -0.699. The zero-order chi connectivity index (χ0) is 30.9. The van der Waals surface area contributed by atoms with E-state index in [1.807, 2.05) is 34.1 Å². The van der Waals surface area contributed by atoms with Crippen LogP contribution in [0.25, 0.3) is 5.57 Å². The molecule has 10 heteroatoms. The number of fused-ring (bicyclic) bond motifs is 3. The average molecular weight is 615 g/mol. The van der Waals surface area contributed by atoms with E-state index in [0.29, 0.717) is 34.8 Å². The standard InChI is InChI=1S/C34H35ClN4O5/c1-34(2)12-11-26(27(15-34)19-3-6-22(35)7-4-19)33(44)39-23-14-24(39)18-37(17-23)31(42)20-5-8-25-21(13-20)16-38(32(25)43)28-9-10-29(40)36-30(28)41/h3-8,13,23-24,28H,9-12,14-18H2,1-2H3,(H,36,40,41). The fraction of sp³-hybridized carbons (Fsp3) is 0.441. The topological polar surface area (TPSA) is 107 Å². The number of carbonyl (C=O) groups is 5. The van der Waals surface area contributed by atoms with Gasteiger partial charge >= 0.3 is 0 Å². The summed E-state index contributed by atoms with van der Waals surface area (Å²) in [6, 6.07) is 12.1. The van der Waals surface area contributed by atoms with Gasteiger partial charge in [-0.05, 0) is 84.6 Å². The maximum Gasteiger partial charge on any atom is 0.255 e. The Morgan fingerprint density at radius 2 is 1.68 bits per heavy atom. The second-order valence-corrected chi connectivity index (χ2v) is 14.0. The molecule has 44 heavy (non-hydrogen) atoms. The number of hydrogen-bond acceptors (Lipinski definition) is 5.